The van der Waals surface area contributed by atoms with Crippen molar-refractivity contribution in [2.45, 2.75) is 20.3 Å². The number of nitrogens with one attached hydrogen (secondary N) is 2. The minimum absolute atomic E-state index is 0.133. The zero-order valence-corrected chi connectivity index (χ0v) is 14.2. The Morgan fingerprint density at radius 3 is 2.42 bits per heavy atom. The Balaban J connectivity index is 1.82. The van der Waals surface area contributed by atoms with Gasteiger partial charge < -0.3 is 15.4 Å². The van der Waals surface area contributed by atoms with Gasteiger partial charge in [-0.3, -0.25) is 9.59 Å². The molecule has 5 heteroatoms. The predicted molar refractivity (Wildman–Crippen MR) is 94.5 cm³/mol. The van der Waals surface area contributed by atoms with Gasteiger partial charge in [0.2, 0.25) is 5.91 Å². The van der Waals surface area contributed by atoms with E-state index in [2.05, 4.69) is 10.6 Å². The summed E-state index contributed by atoms with van der Waals surface area (Å²) in [7, 11) is 1.55. The molecule has 2 aromatic rings. The normalized spacial score (nSPS) is 10.1. The minimum atomic E-state index is -0.229. The largest absolute Gasteiger partial charge is 0.497 e. The third kappa shape index (κ3) is 5.12. The fourth-order valence-electron chi connectivity index (χ4n) is 2.43. The smallest absolute Gasteiger partial charge is 0.251 e. The second-order valence-corrected chi connectivity index (χ2v) is 5.66. The summed E-state index contributed by atoms with van der Waals surface area (Å²) in [5.41, 5.74) is 3.47. The Hall–Kier alpha value is -2.82. The summed E-state index contributed by atoms with van der Waals surface area (Å²) in [4.78, 5) is 24.0. The van der Waals surface area contributed by atoms with Crippen LogP contribution in [0.3, 0.4) is 0 Å². The first-order chi connectivity index (χ1) is 11.5. The quantitative estimate of drug-likeness (QED) is 0.857. The molecule has 24 heavy (non-hydrogen) atoms. The summed E-state index contributed by atoms with van der Waals surface area (Å²) in [5, 5.41) is 5.58. The Morgan fingerprint density at radius 2 is 1.75 bits per heavy atom. The number of benzene rings is 2. The van der Waals surface area contributed by atoms with E-state index >= 15 is 0 Å². The molecule has 2 rings (SSSR count). The van der Waals surface area contributed by atoms with Gasteiger partial charge in [-0.15, -0.1) is 0 Å². The molecule has 0 saturated carbocycles. The van der Waals surface area contributed by atoms with Gasteiger partial charge in [-0.1, -0.05) is 12.1 Å². The molecule has 0 atom stereocenters. The lowest BCUT2D eigenvalue weighted by Gasteiger charge is -2.09. The Labute approximate surface area is 142 Å². The fourth-order valence-corrected chi connectivity index (χ4v) is 2.43. The molecule has 0 aliphatic heterocycles. The van der Waals surface area contributed by atoms with Crippen molar-refractivity contribution in [2.24, 2.45) is 0 Å². The van der Waals surface area contributed by atoms with E-state index in [9.17, 15) is 9.59 Å². The van der Waals surface area contributed by atoms with Gasteiger partial charge in [-0.2, -0.15) is 0 Å². The average Bonchev–Trinajstić information content (AvgIpc) is 2.53. The molecule has 0 fully saturated rings. The summed E-state index contributed by atoms with van der Waals surface area (Å²) in [6.07, 6.45) is 0.211. The molecule has 0 aromatic heterocycles. The number of aryl methyl sites for hydroxylation is 2. The predicted octanol–water partition coefficient (Wildman–Crippen LogP) is 3.07. The second-order valence-electron chi connectivity index (χ2n) is 5.66. The van der Waals surface area contributed by atoms with E-state index in [0.29, 0.717) is 11.3 Å². The number of methoxy groups -OCH3 is 1. The number of hydrogen-bond acceptors (Lipinski definition) is 3. The highest BCUT2D eigenvalue weighted by atomic mass is 16.5. The molecular formula is C19H22N2O3. The first-order valence-corrected chi connectivity index (χ1v) is 7.78. The number of ether oxygens (including phenoxy) is 1. The van der Waals surface area contributed by atoms with Crippen molar-refractivity contribution in [3.8, 4) is 5.75 Å². The number of carbonyl (C=O) groups excluding carboxylic acids is 2. The second kappa shape index (κ2) is 8.15. The van der Waals surface area contributed by atoms with Crippen LogP contribution in [0.2, 0.25) is 0 Å². The van der Waals surface area contributed by atoms with E-state index in [4.69, 9.17) is 4.74 Å². The van der Waals surface area contributed by atoms with Gasteiger partial charge in [0.25, 0.3) is 5.91 Å². The molecule has 0 bridgehead atoms. The number of hydrogen-bond donors (Lipinski definition) is 2. The molecule has 2 N–H and O–H groups in total. The van der Waals surface area contributed by atoms with Crippen molar-refractivity contribution >= 4 is 17.5 Å². The summed E-state index contributed by atoms with van der Waals surface area (Å²) in [5.74, 6) is 0.259. The van der Waals surface area contributed by atoms with Gasteiger partial charge in [-0.05, 0) is 55.3 Å². The first-order valence-electron chi connectivity index (χ1n) is 7.78. The van der Waals surface area contributed by atoms with E-state index < -0.39 is 0 Å². The van der Waals surface area contributed by atoms with Crippen molar-refractivity contribution in [1.29, 1.82) is 0 Å². The maximum absolute atomic E-state index is 12.0. The monoisotopic (exact) mass is 326 g/mol. The Morgan fingerprint density at radius 1 is 1.04 bits per heavy atom. The van der Waals surface area contributed by atoms with E-state index in [1.165, 1.54) is 0 Å². The molecule has 0 saturated heterocycles. The highest BCUT2D eigenvalue weighted by Crippen LogP contribution is 2.14. The zero-order valence-electron chi connectivity index (χ0n) is 14.2. The number of carbonyl (C=O) groups is 2. The van der Waals surface area contributed by atoms with Crippen molar-refractivity contribution in [2.75, 3.05) is 19.0 Å². The number of rotatable bonds is 6. The van der Waals surface area contributed by atoms with Gasteiger partial charge in [0.15, 0.2) is 0 Å². The van der Waals surface area contributed by atoms with Crippen LogP contribution in [-0.2, 0) is 4.79 Å². The maximum atomic E-state index is 12.0. The van der Waals surface area contributed by atoms with Crippen LogP contribution in [0, 0.1) is 13.8 Å². The van der Waals surface area contributed by atoms with E-state index in [1.807, 2.05) is 32.0 Å². The molecule has 0 unspecified atom stereocenters. The van der Waals surface area contributed by atoms with Crippen LogP contribution in [0.5, 0.6) is 5.75 Å². The van der Waals surface area contributed by atoms with Crippen molar-refractivity contribution in [1.82, 2.24) is 5.32 Å². The first kappa shape index (κ1) is 17.5. The average molecular weight is 326 g/mol. The summed E-state index contributed by atoms with van der Waals surface area (Å²) in [6, 6.07) is 12.8. The third-order valence-corrected chi connectivity index (χ3v) is 3.47. The van der Waals surface area contributed by atoms with Gasteiger partial charge in [0.1, 0.15) is 5.75 Å². The van der Waals surface area contributed by atoms with Gasteiger partial charge in [0, 0.05) is 24.2 Å². The summed E-state index contributed by atoms with van der Waals surface area (Å²) in [6.45, 7) is 4.24. The maximum Gasteiger partial charge on any atom is 0.251 e. The molecule has 2 aromatic carbocycles. The zero-order chi connectivity index (χ0) is 17.5. The lowest BCUT2D eigenvalue weighted by molar-refractivity contribution is -0.116. The third-order valence-electron chi connectivity index (χ3n) is 3.47. The van der Waals surface area contributed by atoms with Crippen molar-refractivity contribution in [3.63, 3.8) is 0 Å². The fraction of sp³-hybridized carbons (Fsp3) is 0.263. The number of amides is 2. The Kier molecular flexibility index (Phi) is 5.95. The van der Waals surface area contributed by atoms with Crippen LogP contribution in [-0.4, -0.2) is 25.5 Å². The van der Waals surface area contributed by atoms with Crippen LogP contribution in [0.4, 0.5) is 5.69 Å². The lowest BCUT2D eigenvalue weighted by atomic mass is 10.1. The SMILES string of the molecule is COc1cccc(C(=O)NCCC(=O)Nc2cc(C)cc(C)c2)c1. The molecule has 126 valence electrons. The highest BCUT2D eigenvalue weighted by Gasteiger charge is 2.08. The standard InChI is InChI=1S/C19H22N2O3/c1-13-9-14(2)11-16(10-13)21-18(22)7-8-20-19(23)15-5-4-6-17(12-15)24-3/h4-6,9-12H,7-8H2,1-3H3,(H,20,23)(H,21,22). The van der Waals surface area contributed by atoms with E-state index in [-0.39, 0.29) is 24.8 Å². The van der Waals surface area contributed by atoms with Crippen molar-refractivity contribution in [3.05, 3.63) is 59.2 Å². The van der Waals surface area contributed by atoms with Gasteiger partial charge in [0.05, 0.1) is 7.11 Å². The van der Waals surface area contributed by atoms with Gasteiger partial charge in [-0.25, -0.2) is 0 Å². The molecule has 0 heterocycles. The molecule has 0 radical (unpaired) electrons. The van der Waals surface area contributed by atoms with Crippen LogP contribution >= 0.6 is 0 Å². The van der Waals surface area contributed by atoms with Gasteiger partial charge >= 0.3 is 0 Å². The van der Waals surface area contributed by atoms with Crippen molar-refractivity contribution < 1.29 is 14.3 Å². The Bertz CT molecular complexity index is 721. The highest BCUT2D eigenvalue weighted by molar-refractivity contribution is 5.95. The lowest BCUT2D eigenvalue weighted by Crippen LogP contribution is -2.27. The van der Waals surface area contributed by atoms with Crippen LogP contribution in [0.15, 0.2) is 42.5 Å². The topological polar surface area (TPSA) is 67.4 Å². The summed E-state index contributed by atoms with van der Waals surface area (Å²) < 4.78 is 5.09. The van der Waals surface area contributed by atoms with Crippen LogP contribution in [0.25, 0.3) is 0 Å². The molecule has 0 aliphatic rings. The van der Waals surface area contributed by atoms with E-state index in [1.54, 1.807) is 31.4 Å². The van der Waals surface area contributed by atoms with Crippen LogP contribution in [0.1, 0.15) is 27.9 Å². The molecular weight excluding hydrogens is 304 g/mol. The summed E-state index contributed by atoms with van der Waals surface area (Å²) >= 11 is 0. The van der Waals surface area contributed by atoms with Crippen LogP contribution < -0.4 is 15.4 Å². The van der Waals surface area contributed by atoms with E-state index in [0.717, 1.165) is 16.8 Å². The minimum Gasteiger partial charge on any atom is -0.497 e. The molecule has 5 nitrogen and oxygen atoms in total. The molecule has 2 amide bonds. The molecule has 0 spiro atoms. The molecule has 0 aliphatic carbocycles. The number of anilines is 1.